The molecule has 0 atom stereocenters. The molecule has 3 rings (SSSR count). The summed E-state index contributed by atoms with van der Waals surface area (Å²) >= 11 is 1.48. The van der Waals surface area contributed by atoms with Crippen LogP contribution in [0.2, 0.25) is 0 Å². The number of carbonyl (C=O) groups is 1. The molecule has 24 heavy (non-hydrogen) atoms. The van der Waals surface area contributed by atoms with Crippen molar-refractivity contribution in [2.45, 2.75) is 33.4 Å². The van der Waals surface area contributed by atoms with Gasteiger partial charge >= 0.3 is 5.97 Å². The topological polar surface area (TPSA) is 61.2 Å². The van der Waals surface area contributed by atoms with Crippen molar-refractivity contribution in [1.82, 2.24) is 9.55 Å². The fraction of sp³-hybridized carbons (Fsp3) is 0.278. The Morgan fingerprint density at radius 3 is 2.67 bits per heavy atom. The number of esters is 1. The molecule has 0 aliphatic carbocycles. The van der Waals surface area contributed by atoms with Gasteiger partial charge in [-0.15, -0.1) is 11.3 Å². The number of hydrogen-bond donors (Lipinski definition) is 0. The van der Waals surface area contributed by atoms with Crippen LogP contribution in [0.1, 0.15) is 19.7 Å². The van der Waals surface area contributed by atoms with Crippen molar-refractivity contribution in [3.8, 4) is 10.4 Å². The van der Waals surface area contributed by atoms with Crippen LogP contribution < -0.4 is 5.56 Å². The van der Waals surface area contributed by atoms with Gasteiger partial charge in [-0.25, -0.2) is 4.98 Å². The van der Waals surface area contributed by atoms with Crippen LogP contribution in [0.15, 0.2) is 41.2 Å². The first-order valence-corrected chi connectivity index (χ1v) is 8.53. The van der Waals surface area contributed by atoms with E-state index in [1.165, 1.54) is 15.9 Å². The molecule has 0 unspecified atom stereocenters. The SMILES string of the molecule is Cc1nc2sc(-c3ccccc3)cc2c(=O)n1CC(=O)OC(C)C. The summed E-state index contributed by atoms with van der Waals surface area (Å²) in [6, 6.07) is 11.7. The summed E-state index contributed by atoms with van der Waals surface area (Å²) in [5.41, 5.74) is 0.833. The van der Waals surface area contributed by atoms with E-state index in [1.54, 1.807) is 20.8 Å². The highest BCUT2D eigenvalue weighted by molar-refractivity contribution is 7.21. The molecule has 0 radical (unpaired) electrons. The van der Waals surface area contributed by atoms with E-state index < -0.39 is 5.97 Å². The molecule has 0 saturated heterocycles. The highest BCUT2D eigenvalue weighted by atomic mass is 32.1. The van der Waals surface area contributed by atoms with Crippen LogP contribution >= 0.6 is 11.3 Å². The van der Waals surface area contributed by atoms with Crippen LogP contribution in [0.4, 0.5) is 0 Å². The van der Waals surface area contributed by atoms with E-state index in [0.717, 1.165) is 10.4 Å². The number of benzene rings is 1. The number of nitrogens with zero attached hydrogens (tertiary/aromatic N) is 2. The molecule has 5 nitrogen and oxygen atoms in total. The third-order valence-corrected chi connectivity index (χ3v) is 4.63. The summed E-state index contributed by atoms with van der Waals surface area (Å²) < 4.78 is 6.50. The number of ether oxygens (including phenoxy) is 1. The molecule has 0 aliphatic heterocycles. The monoisotopic (exact) mass is 342 g/mol. The molecule has 0 N–H and O–H groups in total. The van der Waals surface area contributed by atoms with Crippen molar-refractivity contribution in [3.05, 3.63) is 52.6 Å². The lowest BCUT2D eigenvalue weighted by molar-refractivity contribution is -0.148. The predicted molar refractivity (Wildman–Crippen MR) is 95.3 cm³/mol. The summed E-state index contributed by atoms with van der Waals surface area (Å²) in [5, 5.41) is 0.529. The van der Waals surface area contributed by atoms with Crippen LogP contribution in [0.3, 0.4) is 0 Å². The third-order valence-electron chi connectivity index (χ3n) is 3.55. The lowest BCUT2D eigenvalue weighted by atomic mass is 10.2. The van der Waals surface area contributed by atoms with E-state index in [0.29, 0.717) is 16.0 Å². The number of hydrogen-bond acceptors (Lipinski definition) is 5. The zero-order chi connectivity index (χ0) is 17.3. The maximum atomic E-state index is 12.7. The van der Waals surface area contributed by atoms with Crippen LogP contribution in [-0.2, 0) is 16.1 Å². The maximum absolute atomic E-state index is 12.7. The lowest BCUT2D eigenvalue weighted by Gasteiger charge is -2.11. The molecule has 0 spiro atoms. The Kier molecular flexibility index (Phi) is 4.49. The zero-order valence-electron chi connectivity index (χ0n) is 13.8. The average molecular weight is 342 g/mol. The molecular formula is C18H18N2O3S. The molecule has 2 aromatic heterocycles. The van der Waals surface area contributed by atoms with Gasteiger partial charge in [-0.3, -0.25) is 14.2 Å². The number of rotatable bonds is 4. The summed E-state index contributed by atoms with van der Waals surface area (Å²) in [5.74, 6) is 0.0736. The maximum Gasteiger partial charge on any atom is 0.326 e. The number of carbonyl (C=O) groups excluding carboxylic acids is 1. The molecule has 0 amide bonds. The summed E-state index contributed by atoms with van der Waals surface area (Å²) in [6.45, 7) is 5.16. The van der Waals surface area contributed by atoms with Crippen LogP contribution in [0.25, 0.3) is 20.7 Å². The summed E-state index contributed by atoms with van der Waals surface area (Å²) in [4.78, 5) is 30.8. The second kappa shape index (κ2) is 6.57. The van der Waals surface area contributed by atoms with Gasteiger partial charge in [0.05, 0.1) is 11.5 Å². The minimum atomic E-state index is -0.435. The summed E-state index contributed by atoms with van der Waals surface area (Å²) in [7, 11) is 0. The number of aryl methyl sites for hydroxylation is 1. The van der Waals surface area contributed by atoms with Crippen molar-refractivity contribution in [3.63, 3.8) is 0 Å². The van der Waals surface area contributed by atoms with Gasteiger partial charge in [0.25, 0.3) is 5.56 Å². The average Bonchev–Trinajstić information content (AvgIpc) is 2.95. The van der Waals surface area contributed by atoms with Gasteiger partial charge in [-0.05, 0) is 32.4 Å². The standard InChI is InChI=1S/C18H18N2O3S/c1-11(2)23-16(21)10-20-12(3)19-17-14(18(20)22)9-15(24-17)13-7-5-4-6-8-13/h4-9,11H,10H2,1-3H3. The van der Waals surface area contributed by atoms with Crippen molar-refractivity contribution < 1.29 is 9.53 Å². The van der Waals surface area contributed by atoms with E-state index in [4.69, 9.17) is 4.74 Å². The Morgan fingerprint density at radius 2 is 2.00 bits per heavy atom. The van der Waals surface area contributed by atoms with Crippen molar-refractivity contribution >= 4 is 27.5 Å². The minimum absolute atomic E-state index is 0.123. The second-order valence-corrected chi connectivity index (χ2v) is 6.82. The second-order valence-electron chi connectivity index (χ2n) is 5.78. The van der Waals surface area contributed by atoms with Gasteiger partial charge < -0.3 is 4.74 Å². The van der Waals surface area contributed by atoms with Gasteiger partial charge in [-0.1, -0.05) is 30.3 Å². The molecule has 0 saturated carbocycles. The molecule has 124 valence electrons. The van der Waals surface area contributed by atoms with Crippen LogP contribution in [-0.4, -0.2) is 21.6 Å². The Hall–Kier alpha value is -2.47. The Balaban J connectivity index is 2.04. The Morgan fingerprint density at radius 1 is 1.29 bits per heavy atom. The van der Waals surface area contributed by atoms with Gasteiger partial charge in [0.1, 0.15) is 17.2 Å². The van der Waals surface area contributed by atoms with E-state index in [2.05, 4.69) is 4.98 Å². The highest BCUT2D eigenvalue weighted by Gasteiger charge is 2.16. The van der Waals surface area contributed by atoms with Gasteiger partial charge in [-0.2, -0.15) is 0 Å². The van der Waals surface area contributed by atoms with Crippen molar-refractivity contribution in [2.24, 2.45) is 0 Å². The first-order valence-electron chi connectivity index (χ1n) is 7.71. The molecule has 6 heteroatoms. The van der Waals surface area contributed by atoms with Gasteiger partial charge in [0.2, 0.25) is 0 Å². The zero-order valence-corrected chi connectivity index (χ0v) is 14.6. The third kappa shape index (κ3) is 3.23. The van der Waals surface area contributed by atoms with E-state index in [1.807, 2.05) is 36.4 Å². The number of fused-ring (bicyclic) bond motifs is 1. The first kappa shape index (κ1) is 16.4. The molecule has 0 bridgehead atoms. The van der Waals surface area contributed by atoms with E-state index >= 15 is 0 Å². The summed E-state index contributed by atoms with van der Waals surface area (Å²) in [6.07, 6.45) is -0.212. The van der Waals surface area contributed by atoms with E-state index in [9.17, 15) is 9.59 Å². The molecule has 0 fully saturated rings. The quantitative estimate of drug-likeness (QED) is 0.682. The lowest BCUT2D eigenvalue weighted by Crippen LogP contribution is -2.28. The molecule has 0 aliphatic rings. The fourth-order valence-corrected chi connectivity index (χ4v) is 3.55. The van der Waals surface area contributed by atoms with Gasteiger partial charge in [0, 0.05) is 4.88 Å². The molecule has 2 heterocycles. The van der Waals surface area contributed by atoms with E-state index in [-0.39, 0.29) is 18.2 Å². The normalized spacial score (nSPS) is 11.2. The molecule has 3 aromatic rings. The van der Waals surface area contributed by atoms with Crippen LogP contribution in [0.5, 0.6) is 0 Å². The Bertz CT molecular complexity index is 942. The largest absolute Gasteiger partial charge is 0.462 e. The molecule has 1 aromatic carbocycles. The van der Waals surface area contributed by atoms with Crippen molar-refractivity contribution in [1.29, 1.82) is 0 Å². The highest BCUT2D eigenvalue weighted by Crippen LogP contribution is 2.30. The smallest absolute Gasteiger partial charge is 0.326 e. The molecular weight excluding hydrogens is 324 g/mol. The van der Waals surface area contributed by atoms with Crippen LogP contribution in [0, 0.1) is 6.92 Å². The first-order chi connectivity index (χ1) is 11.5. The number of aromatic nitrogens is 2. The predicted octanol–water partition coefficient (Wildman–Crippen LogP) is 3.39. The fourth-order valence-electron chi connectivity index (χ4n) is 2.48. The number of thiophene rings is 1. The Labute approximate surface area is 143 Å². The van der Waals surface area contributed by atoms with Crippen molar-refractivity contribution in [2.75, 3.05) is 0 Å². The minimum Gasteiger partial charge on any atom is -0.462 e. The van der Waals surface area contributed by atoms with Gasteiger partial charge in [0.15, 0.2) is 0 Å².